The minimum Gasteiger partial charge on any atom is -0.355 e. The van der Waals surface area contributed by atoms with Crippen LogP contribution in [0.4, 0.5) is 5.69 Å². The highest BCUT2D eigenvalue weighted by Crippen LogP contribution is 2.27. The van der Waals surface area contributed by atoms with E-state index in [1.54, 1.807) is 12.1 Å². The van der Waals surface area contributed by atoms with Crippen LogP contribution in [0.1, 0.15) is 40.3 Å². The summed E-state index contributed by atoms with van der Waals surface area (Å²) in [5, 5.41) is 12.7. The summed E-state index contributed by atoms with van der Waals surface area (Å²) in [6, 6.07) is 7.82. The number of allylic oxidation sites excluding steroid dienone is 2. The predicted molar refractivity (Wildman–Crippen MR) is 126 cm³/mol. The van der Waals surface area contributed by atoms with Gasteiger partial charge in [0.25, 0.3) is 11.8 Å². The van der Waals surface area contributed by atoms with Crippen molar-refractivity contribution in [2.75, 3.05) is 12.4 Å². The molecule has 1 heterocycles. The zero-order valence-corrected chi connectivity index (χ0v) is 20.2. The van der Waals surface area contributed by atoms with Gasteiger partial charge in [-0.2, -0.15) is 5.10 Å². The van der Waals surface area contributed by atoms with Gasteiger partial charge in [0.15, 0.2) is 0 Å². The minimum atomic E-state index is -0.430. The van der Waals surface area contributed by atoms with Gasteiger partial charge in [0.1, 0.15) is 16.1 Å². The summed E-state index contributed by atoms with van der Waals surface area (Å²) in [7, 11) is 1.54. The maximum atomic E-state index is 13.2. The molecule has 0 bridgehead atoms. The van der Waals surface area contributed by atoms with Crippen LogP contribution in [-0.2, 0) is 0 Å². The fourth-order valence-corrected chi connectivity index (χ4v) is 3.57. The smallest absolute Gasteiger partial charge is 0.274 e. The number of benzene rings is 1. The van der Waals surface area contributed by atoms with Gasteiger partial charge >= 0.3 is 0 Å². The molecule has 0 aliphatic heterocycles. The van der Waals surface area contributed by atoms with Crippen LogP contribution < -0.4 is 16.0 Å². The molecule has 9 heteroatoms. The van der Waals surface area contributed by atoms with E-state index in [-0.39, 0.29) is 11.6 Å². The van der Waals surface area contributed by atoms with Crippen LogP contribution in [0, 0.1) is 18.9 Å². The highest BCUT2D eigenvalue weighted by Gasteiger charge is 2.21. The number of carbonyl (C=O) groups is 2. The molecule has 0 spiro atoms. The van der Waals surface area contributed by atoms with Crippen molar-refractivity contribution in [3.63, 3.8) is 0 Å². The fraction of sp³-hybridized carbons (Fsp3) is 0.190. The quantitative estimate of drug-likeness (QED) is 0.395. The van der Waals surface area contributed by atoms with Crippen LogP contribution in [0.5, 0.6) is 0 Å². The molecule has 0 radical (unpaired) electrons. The molecule has 0 atom stereocenters. The van der Waals surface area contributed by atoms with Gasteiger partial charge in [0, 0.05) is 23.6 Å². The summed E-state index contributed by atoms with van der Waals surface area (Å²) < 4.78 is 2.67. The van der Waals surface area contributed by atoms with Crippen LogP contribution >= 0.6 is 31.9 Å². The van der Waals surface area contributed by atoms with Gasteiger partial charge < -0.3 is 10.6 Å². The van der Waals surface area contributed by atoms with Crippen molar-refractivity contribution in [1.82, 2.24) is 20.4 Å². The van der Waals surface area contributed by atoms with Gasteiger partial charge in [-0.15, -0.1) is 0 Å². The van der Waals surface area contributed by atoms with E-state index in [0.717, 1.165) is 15.6 Å². The third-order valence-corrected chi connectivity index (χ3v) is 4.81. The molecule has 156 valence electrons. The maximum absolute atomic E-state index is 13.2. The average Bonchev–Trinajstić information content (AvgIpc) is 3.07. The lowest BCUT2D eigenvalue weighted by Gasteiger charge is -2.16. The number of rotatable bonds is 5. The monoisotopic (exact) mass is 533 g/mol. The van der Waals surface area contributed by atoms with E-state index in [0.29, 0.717) is 21.7 Å². The van der Waals surface area contributed by atoms with Crippen LogP contribution in [0.15, 0.2) is 45.5 Å². The maximum Gasteiger partial charge on any atom is 0.274 e. The first-order chi connectivity index (χ1) is 14.2. The van der Waals surface area contributed by atoms with Crippen LogP contribution in [-0.4, -0.2) is 28.6 Å². The summed E-state index contributed by atoms with van der Waals surface area (Å²) >= 11 is 6.71. The Morgan fingerprint density at radius 1 is 1.20 bits per heavy atom. The summed E-state index contributed by atoms with van der Waals surface area (Å²) in [6.45, 7) is 9.12. The summed E-state index contributed by atoms with van der Waals surface area (Å²) in [4.78, 5) is 25.5. The number of halogens is 2. The molecule has 30 heavy (non-hydrogen) atoms. The van der Waals surface area contributed by atoms with E-state index < -0.39 is 5.91 Å². The second-order valence-corrected chi connectivity index (χ2v) is 8.12. The average molecular weight is 535 g/mol. The van der Waals surface area contributed by atoms with E-state index in [2.05, 4.69) is 71.5 Å². The molecule has 2 amide bonds. The predicted octanol–water partition coefficient (Wildman–Crippen LogP) is 4.27. The van der Waals surface area contributed by atoms with Crippen LogP contribution in [0.3, 0.4) is 0 Å². The largest absolute Gasteiger partial charge is 0.355 e. The molecule has 0 saturated heterocycles. The Balaban J connectivity index is 2.51. The Labute approximate surface area is 192 Å². The van der Waals surface area contributed by atoms with Crippen molar-refractivity contribution < 1.29 is 9.59 Å². The number of nitrogens with zero attached hydrogens (tertiary/aromatic N) is 2. The summed E-state index contributed by atoms with van der Waals surface area (Å²) in [5.74, 6) is 2.51. The van der Waals surface area contributed by atoms with E-state index in [1.807, 2.05) is 26.8 Å². The summed E-state index contributed by atoms with van der Waals surface area (Å²) in [6.07, 6.45) is 1.46. The summed E-state index contributed by atoms with van der Waals surface area (Å²) in [5.41, 5.74) is 2.63. The molecule has 1 aromatic heterocycles. The normalized spacial score (nSPS) is 9.80. The van der Waals surface area contributed by atoms with Gasteiger partial charge in [-0.05, 0) is 66.0 Å². The lowest BCUT2D eigenvalue weighted by Crippen LogP contribution is -2.25. The number of aryl methyl sites for hydroxylation is 1. The molecule has 3 N–H and O–H groups in total. The number of hydrogen-bond acceptors (Lipinski definition) is 4. The zero-order valence-electron chi connectivity index (χ0n) is 17.0. The first-order valence-electron chi connectivity index (χ1n) is 8.84. The van der Waals surface area contributed by atoms with Crippen LogP contribution in [0.25, 0.3) is 5.82 Å². The first-order valence-corrected chi connectivity index (χ1v) is 10.4. The standard InChI is InChI=1S/C21H21Br2N5O2/c1-6-7-8-25-19(12(2)3)28-16(11-17(23)27-28)21(30)26-18-13(4)9-14(22)10-15(18)20(29)24-5/h6,9-11,25H,1H2,2-5H3,(H,24,29)(H,26,30). The molecular weight excluding hydrogens is 514 g/mol. The van der Waals surface area contributed by atoms with E-state index in [1.165, 1.54) is 17.8 Å². The van der Waals surface area contributed by atoms with Gasteiger partial charge in [-0.25, -0.2) is 4.68 Å². The fourth-order valence-electron chi connectivity index (χ4n) is 2.62. The molecule has 7 nitrogen and oxygen atoms in total. The Bertz CT molecular complexity index is 1100. The lowest BCUT2D eigenvalue weighted by atomic mass is 10.1. The number of anilines is 1. The Hall–Kier alpha value is -2.83. The molecule has 0 aliphatic carbocycles. The van der Waals surface area contributed by atoms with E-state index in [9.17, 15) is 9.59 Å². The molecule has 0 unspecified atom stereocenters. The van der Waals surface area contributed by atoms with Crippen molar-refractivity contribution in [2.24, 2.45) is 0 Å². The molecule has 0 fully saturated rings. The van der Waals surface area contributed by atoms with Crippen LogP contribution in [0.2, 0.25) is 0 Å². The van der Waals surface area contributed by atoms with Crippen molar-refractivity contribution in [3.8, 4) is 12.0 Å². The Kier molecular flexibility index (Phi) is 8.03. The van der Waals surface area contributed by atoms with E-state index in [4.69, 9.17) is 0 Å². The van der Waals surface area contributed by atoms with Crippen molar-refractivity contribution in [2.45, 2.75) is 20.8 Å². The lowest BCUT2D eigenvalue weighted by molar-refractivity contribution is 0.0964. The van der Waals surface area contributed by atoms with Gasteiger partial charge in [-0.3, -0.25) is 14.9 Å². The topological polar surface area (TPSA) is 88.1 Å². The number of amides is 2. The van der Waals surface area contributed by atoms with Gasteiger partial charge in [-0.1, -0.05) is 28.4 Å². The number of aromatic nitrogens is 2. The Morgan fingerprint density at radius 2 is 1.90 bits per heavy atom. The third kappa shape index (κ3) is 5.40. The molecule has 0 aliphatic rings. The second kappa shape index (κ2) is 10.3. The van der Waals surface area contributed by atoms with Crippen molar-refractivity contribution in [1.29, 1.82) is 0 Å². The second-order valence-electron chi connectivity index (χ2n) is 6.39. The van der Waals surface area contributed by atoms with Crippen molar-refractivity contribution >= 4 is 55.2 Å². The number of nitrogens with one attached hydrogen (secondary N) is 3. The SMILES string of the molecule is C=CC#CNC(=C(C)C)n1nc(Br)cc1C(=O)Nc1c(C)cc(Br)cc1C(=O)NC. The minimum absolute atomic E-state index is 0.260. The van der Waals surface area contributed by atoms with Gasteiger partial charge in [0.2, 0.25) is 0 Å². The molecule has 2 rings (SSSR count). The molecule has 0 saturated carbocycles. The van der Waals surface area contributed by atoms with E-state index >= 15 is 0 Å². The number of carbonyl (C=O) groups excluding carboxylic acids is 2. The molecule has 2 aromatic rings. The first kappa shape index (κ1) is 23.4. The Morgan fingerprint density at radius 3 is 2.50 bits per heavy atom. The highest BCUT2D eigenvalue weighted by molar-refractivity contribution is 9.10. The zero-order chi connectivity index (χ0) is 22.4. The molecular formula is C21H21Br2N5O2. The van der Waals surface area contributed by atoms with Crippen molar-refractivity contribution in [3.05, 3.63) is 62.3 Å². The third-order valence-electron chi connectivity index (χ3n) is 3.96. The number of hydrogen-bond donors (Lipinski definition) is 3. The molecule has 1 aromatic carbocycles. The van der Waals surface area contributed by atoms with Gasteiger partial charge in [0.05, 0.1) is 11.3 Å². The highest BCUT2D eigenvalue weighted by atomic mass is 79.9.